The SMILES string of the molecule is CC[C@@H]1C[C@]1(NC(=O)[C@@H]1C[C@@H](Oc2cc(-c3csc(NC(C)C)n3)nc3c(Cl)c(OCCN4CCOCC4)ccc23)CN1C(=O)[C@@H](NC(=O)OC1C[C@@H](C)[C@@H](C)C1)C(C)(C)C)C(=O)OC. The van der Waals surface area contributed by atoms with Crippen LogP contribution in [0.25, 0.3) is 22.3 Å². The number of nitrogens with one attached hydrogen (secondary N) is 3. The van der Waals surface area contributed by atoms with Crippen LogP contribution in [0, 0.1) is 23.2 Å². The third-order valence-electron chi connectivity index (χ3n) is 13.3. The van der Waals surface area contributed by atoms with Crippen molar-refractivity contribution >= 4 is 62.8 Å². The first-order valence-corrected chi connectivity index (χ1v) is 24.3. The van der Waals surface area contributed by atoms with Gasteiger partial charge < -0.3 is 44.5 Å². The van der Waals surface area contributed by atoms with Gasteiger partial charge in [-0.1, -0.05) is 59.6 Å². The largest absolute Gasteiger partial charge is 0.491 e. The lowest BCUT2D eigenvalue weighted by molar-refractivity contribution is -0.148. The lowest BCUT2D eigenvalue weighted by Gasteiger charge is -2.35. The monoisotopic (exact) mass is 939 g/mol. The quantitative estimate of drug-likeness (QED) is 0.126. The number of anilines is 1. The number of amides is 3. The van der Waals surface area contributed by atoms with Crippen LogP contribution in [-0.2, 0) is 28.6 Å². The minimum Gasteiger partial charge on any atom is -0.491 e. The molecule has 2 aliphatic carbocycles. The van der Waals surface area contributed by atoms with E-state index in [9.17, 15) is 19.2 Å². The van der Waals surface area contributed by atoms with Gasteiger partial charge in [-0.15, -0.1) is 11.3 Å². The van der Waals surface area contributed by atoms with Gasteiger partial charge in [-0.3, -0.25) is 14.5 Å². The number of aromatic nitrogens is 2. The number of hydrogen-bond donors (Lipinski definition) is 3. The van der Waals surface area contributed by atoms with E-state index in [0.29, 0.717) is 89.9 Å². The third-order valence-corrected chi connectivity index (χ3v) is 14.5. The fraction of sp³-hybridized carbons (Fsp3) is 0.660. The first-order chi connectivity index (χ1) is 30.9. The van der Waals surface area contributed by atoms with Crippen LogP contribution in [0.2, 0.25) is 5.02 Å². The molecule has 2 aromatic heterocycles. The highest BCUT2D eigenvalue weighted by Crippen LogP contribution is 2.47. The second kappa shape index (κ2) is 20.2. The minimum atomic E-state index is -1.19. The Labute approximate surface area is 391 Å². The highest BCUT2D eigenvalue weighted by atomic mass is 35.5. The van der Waals surface area contributed by atoms with E-state index in [0.717, 1.165) is 31.1 Å². The molecule has 3 aromatic rings. The number of carbonyl (C=O) groups is 4. The second-order valence-electron chi connectivity index (χ2n) is 19.6. The lowest BCUT2D eigenvalue weighted by Crippen LogP contribution is -2.59. The number of carbonyl (C=O) groups excluding carboxylic acids is 4. The van der Waals surface area contributed by atoms with E-state index >= 15 is 0 Å². The van der Waals surface area contributed by atoms with Gasteiger partial charge in [0, 0.05) is 48.9 Å². The van der Waals surface area contributed by atoms with Crippen LogP contribution >= 0.6 is 22.9 Å². The third kappa shape index (κ3) is 11.1. The Balaban J connectivity index is 1.20. The van der Waals surface area contributed by atoms with Crippen LogP contribution in [0.3, 0.4) is 0 Å². The number of thiazole rings is 1. The summed E-state index contributed by atoms with van der Waals surface area (Å²) in [5, 5.41) is 12.8. The number of likely N-dealkylation sites (tertiary alicyclic amines) is 1. The van der Waals surface area contributed by atoms with E-state index < -0.39 is 53.0 Å². The maximum absolute atomic E-state index is 14.9. The molecule has 356 valence electrons. The predicted molar refractivity (Wildman–Crippen MR) is 249 cm³/mol. The van der Waals surface area contributed by atoms with Crippen LogP contribution < -0.4 is 25.4 Å². The van der Waals surface area contributed by atoms with Crippen molar-refractivity contribution < 1.29 is 42.9 Å². The van der Waals surface area contributed by atoms with Gasteiger partial charge in [-0.2, -0.15) is 0 Å². The molecule has 1 unspecified atom stereocenters. The van der Waals surface area contributed by atoms with E-state index in [1.165, 1.54) is 23.3 Å². The van der Waals surface area contributed by atoms with E-state index in [2.05, 4.69) is 34.7 Å². The Morgan fingerprint density at radius 3 is 2.38 bits per heavy atom. The summed E-state index contributed by atoms with van der Waals surface area (Å²) in [7, 11) is 1.30. The van der Waals surface area contributed by atoms with Crippen molar-refractivity contribution in [3.05, 3.63) is 28.6 Å². The van der Waals surface area contributed by atoms with Crippen molar-refractivity contribution in [1.82, 2.24) is 30.4 Å². The van der Waals surface area contributed by atoms with Gasteiger partial charge in [0.1, 0.15) is 58.7 Å². The average molecular weight is 941 g/mol. The molecule has 3 amide bonds. The number of pyridine rings is 1. The molecule has 4 aliphatic rings. The first-order valence-electron chi connectivity index (χ1n) is 23.0. The van der Waals surface area contributed by atoms with Crippen molar-refractivity contribution in [2.24, 2.45) is 23.2 Å². The molecule has 65 heavy (non-hydrogen) atoms. The zero-order valence-electron chi connectivity index (χ0n) is 39.2. The van der Waals surface area contributed by atoms with Gasteiger partial charge in [-0.05, 0) is 68.4 Å². The fourth-order valence-electron chi connectivity index (χ4n) is 9.28. The van der Waals surface area contributed by atoms with Crippen LogP contribution in [0.4, 0.5) is 9.93 Å². The summed E-state index contributed by atoms with van der Waals surface area (Å²) < 4.78 is 29.6. The van der Waals surface area contributed by atoms with Crippen LogP contribution in [0.15, 0.2) is 23.6 Å². The molecule has 4 heterocycles. The normalized spacial score (nSPS) is 26.2. The summed E-state index contributed by atoms with van der Waals surface area (Å²) in [5.74, 6) is 0.0874. The Morgan fingerprint density at radius 2 is 1.74 bits per heavy atom. The van der Waals surface area contributed by atoms with Gasteiger partial charge in [0.15, 0.2) is 5.13 Å². The van der Waals surface area contributed by atoms with Gasteiger partial charge in [0.05, 0.1) is 38.1 Å². The van der Waals surface area contributed by atoms with E-state index in [4.69, 9.17) is 45.3 Å². The highest BCUT2D eigenvalue weighted by Gasteiger charge is 2.62. The lowest BCUT2D eigenvalue weighted by atomic mass is 9.85. The molecule has 3 N–H and O–H groups in total. The average Bonchev–Trinajstić information content (AvgIpc) is 3.50. The number of nitrogens with zero attached hydrogens (tertiary/aromatic N) is 4. The van der Waals surface area contributed by atoms with Gasteiger partial charge >= 0.3 is 12.1 Å². The number of alkyl carbamates (subject to hydrolysis) is 1. The number of benzene rings is 1. The zero-order chi connectivity index (χ0) is 46.8. The number of ether oxygens (including phenoxy) is 5. The van der Waals surface area contributed by atoms with Gasteiger partial charge in [0.2, 0.25) is 11.8 Å². The number of hydrogen-bond acceptors (Lipinski definition) is 14. The molecule has 1 aromatic carbocycles. The molecule has 8 atom stereocenters. The molecule has 2 aliphatic heterocycles. The maximum Gasteiger partial charge on any atom is 0.408 e. The Kier molecular flexibility index (Phi) is 15.1. The molecule has 2 saturated carbocycles. The molecule has 0 spiro atoms. The number of rotatable bonds is 16. The smallest absolute Gasteiger partial charge is 0.408 e. The Bertz CT molecular complexity index is 2200. The number of esters is 1. The topological polar surface area (TPSA) is 183 Å². The molecule has 18 heteroatoms. The molecule has 0 radical (unpaired) electrons. The summed E-state index contributed by atoms with van der Waals surface area (Å²) in [6.45, 7) is 20.0. The molecule has 7 rings (SSSR count). The molecular formula is C47H66ClN7O9S. The standard InChI is InChI=1S/C47H66ClN7O9S/c1-10-29-23-47(29,43(58)60-9)53-41(56)35-21-31(24-55(35)42(57)40(46(6,7)8)52-45(59)64-30-19-27(4)28(5)20-30)63-37-22-33(34-25-65-44(51-34)49-26(2)3)50-39-32(37)11-12-36(38(39)48)62-18-15-54-13-16-61-17-14-54/h11-12,22,25-31,35,40H,10,13-21,23-24H2,1-9H3,(H,49,51)(H,52,59)(H,53,56)/t27-,28+,29-,30?,31-,35+,40-,47-/m1/s1. The summed E-state index contributed by atoms with van der Waals surface area (Å²) >= 11 is 8.59. The fourth-order valence-corrected chi connectivity index (χ4v) is 10.4. The summed E-state index contributed by atoms with van der Waals surface area (Å²) in [6, 6.07) is 3.49. The van der Waals surface area contributed by atoms with Gasteiger partial charge in [0.25, 0.3) is 0 Å². The maximum atomic E-state index is 14.9. The van der Waals surface area contributed by atoms with E-state index in [-0.39, 0.29) is 31.0 Å². The van der Waals surface area contributed by atoms with Crippen LogP contribution in [-0.4, -0.2) is 133 Å². The van der Waals surface area contributed by atoms with E-state index in [1.54, 1.807) is 12.1 Å². The minimum absolute atomic E-state index is 0.00487. The van der Waals surface area contributed by atoms with Crippen molar-refractivity contribution in [1.29, 1.82) is 0 Å². The van der Waals surface area contributed by atoms with Crippen molar-refractivity contribution in [3.8, 4) is 22.9 Å². The number of halogens is 1. The molecule has 0 bridgehead atoms. The first kappa shape index (κ1) is 48.5. The molecule has 16 nitrogen and oxygen atoms in total. The molecule has 2 saturated heterocycles. The van der Waals surface area contributed by atoms with Crippen molar-refractivity contribution in [2.45, 2.75) is 123 Å². The number of morpholine rings is 1. The summed E-state index contributed by atoms with van der Waals surface area (Å²) in [5.41, 5.74) is -0.420. The Morgan fingerprint density at radius 1 is 1.02 bits per heavy atom. The molecular weight excluding hydrogens is 874 g/mol. The summed E-state index contributed by atoms with van der Waals surface area (Å²) in [6.07, 6.45) is 0.997. The van der Waals surface area contributed by atoms with Crippen molar-refractivity contribution in [2.75, 3.05) is 58.4 Å². The summed E-state index contributed by atoms with van der Waals surface area (Å²) in [4.78, 5) is 69.7. The van der Waals surface area contributed by atoms with Gasteiger partial charge in [-0.25, -0.2) is 19.6 Å². The number of fused-ring (bicyclic) bond motifs is 1. The second-order valence-corrected chi connectivity index (χ2v) is 20.8. The zero-order valence-corrected chi connectivity index (χ0v) is 40.7. The highest BCUT2D eigenvalue weighted by molar-refractivity contribution is 7.14. The van der Waals surface area contributed by atoms with Crippen LogP contribution in [0.5, 0.6) is 11.5 Å². The van der Waals surface area contributed by atoms with Crippen molar-refractivity contribution in [3.63, 3.8) is 0 Å². The van der Waals surface area contributed by atoms with Crippen LogP contribution in [0.1, 0.15) is 87.5 Å². The Hall–Kier alpha value is -4.45. The molecule has 4 fully saturated rings. The number of methoxy groups -OCH3 is 1. The van der Waals surface area contributed by atoms with E-state index in [1.807, 2.05) is 53.0 Å². The predicted octanol–water partition coefficient (Wildman–Crippen LogP) is 6.92.